The molecule has 0 radical (unpaired) electrons. The highest BCUT2D eigenvalue weighted by atomic mass is 16.4. The van der Waals surface area contributed by atoms with Crippen LogP contribution >= 0.6 is 0 Å². The predicted octanol–water partition coefficient (Wildman–Crippen LogP) is -1.29. The third kappa shape index (κ3) is 4.28. The maximum absolute atomic E-state index is 9.98. The molecule has 0 fully saturated rings. The lowest BCUT2D eigenvalue weighted by Gasteiger charge is -1.90. The Kier molecular flexibility index (Phi) is 2.84. The highest BCUT2D eigenvalue weighted by Gasteiger charge is 1.99. The largest absolute Gasteiger partial charge is 0.480 e. The van der Waals surface area contributed by atoms with Crippen molar-refractivity contribution in [2.45, 2.75) is 0 Å². The Morgan fingerprint density at radius 3 is 2.56 bits per heavy atom. The van der Waals surface area contributed by atoms with Crippen molar-refractivity contribution in [3.8, 4) is 6.07 Å². The summed E-state index contributed by atoms with van der Waals surface area (Å²) in [5.74, 6) is -2.10. The van der Waals surface area contributed by atoms with Crippen molar-refractivity contribution in [1.82, 2.24) is 5.32 Å². The van der Waals surface area contributed by atoms with Crippen LogP contribution in [0.5, 0.6) is 0 Å². The van der Waals surface area contributed by atoms with E-state index in [-0.39, 0.29) is 0 Å². The number of nitriles is 1. The fraction of sp³-hybridized carbons (Fsp3) is 0.250. The van der Waals surface area contributed by atoms with E-state index in [2.05, 4.69) is 0 Å². The van der Waals surface area contributed by atoms with Gasteiger partial charge >= 0.3 is 11.9 Å². The van der Waals surface area contributed by atoms with Crippen LogP contribution in [-0.4, -0.2) is 23.5 Å². The first-order valence-electron chi connectivity index (χ1n) is 2.06. The SMILES string of the molecule is N#CC(=O)NCC(=O)O. The summed E-state index contributed by atoms with van der Waals surface area (Å²) >= 11 is 0. The number of rotatable bonds is 2. The molecule has 0 rings (SSSR count). The Bertz CT molecular complexity index is 169. The Morgan fingerprint density at radius 1 is 1.67 bits per heavy atom. The van der Waals surface area contributed by atoms with Crippen LogP contribution < -0.4 is 5.32 Å². The van der Waals surface area contributed by atoms with E-state index in [1.165, 1.54) is 6.07 Å². The second-order valence-corrected chi connectivity index (χ2v) is 1.19. The quantitative estimate of drug-likeness (QED) is 0.453. The van der Waals surface area contributed by atoms with Gasteiger partial charge in [-0.3, -0.25) is 9.59 Å². The molecule has 1 amide bonds. The number of amides is 1. The Labute approximate surface area is 50.9 Å². The predicted molar refractivity (Wildman–Crippen MR) is 26.3 cm³/mol. The van der Waals surface area contributed by atoms with Gasteiger partial charge in [0.2, 0.25) is 0 Å². The number of hydrogen-bond acceptors (Lipinski definition) is 3. The fourth-order valence-electron chi connectivity index (χ4n) is 0.195. The number of nitrogens with zero attached hydrogens (tertiary/aromatic N) is 1. The van der Waals surface area contributed by atoms with Crippen LogP contribution in [0, 0.1) is 11.3 Å². The van der Waals surface area contributed by atoms with E-state index < -0.39 is 18.4 Å². The van der Waals surface area contributed by atoms with Crippen LogP contribution in [0.25, 0.3) is 0 Å². The molecule has 48 valence electrons. The van der Waals surface area contributed by atoms with E-state index in [9.17, 15) is 9.59 Å². The first-order valence-corrected chi connectivity index (χ1v) is 2.06. The zero-order chi connectivity index (χ0) is 7.28. The van der Waals surface area contributed by atoms with Gasteiger partial charge in [0.05, 0.1) is 0 Å². The summed E-state index contributed by atoms with van der Waals surface area (Å²) < 4.78 is 0. The first-order chi connectivity index (χ1) is 4.16. The minimum Gasteiger partial charge on any atom is -0.480 e. The zero-order valence-electron chi connectivity index (χ0n) is 4.42. The summed E-state index contributed by atoms with van der Waals surface area (Å²) in [6, 6.07) is 1.21. The molecule has 0 atom stereocenters. The van der Waals surface area contributed by atoms with Crippen molar-refractivity contribution in [2.75, 3.05) is 6.54 Å². The fourth-order valence-corrected chi connectivity index (χ4v) is 0.195. The Balaban J connectivity index is 3.43. The van der Waals surface area contributed by atoms with Crippen LogP contribution in [0.2, 0.25) is 0 Å². The average molecular weight is 128 g/mol. The molecule has 5 heteroatoms. The van der Waals surface area contributed by atoms with Crippen molar-refractivity contribution < 1.29 is 14.7 Å². The van der Waals surface area contributed by atoms with Gasteiger partial charge in [0.25, 0.3) is 0 Å². The monoisotopic (exact) mass is 128 g/mol. The molecule has 5 nitrogen and oxygen atoms in total. The van der Waals surface area contributed by atoms with E-state index in [0.717, 1.165) is 0 Å². The van der Waals surface area contributed by atoms with Crippen molar-refractivity contribution in [3.63, 3.8) is 0 Å². The third-order valence-corrected chi connectivity index (χ3v) is 0.502. The van der Waals surface area contributed by atoms with Crippen molar-refractivity contribution in [3.05, 3.63) is 0 Å². The molecule has 0 aliphatic heterocycles. The lowest BCUT2D eigenvalue weighted by atomic mass is 10.6. The molecule has 0 aliphatic carbocycles. The van der Waals surface area contributed by atoms with Gasteiger partial charge in [0.15, 0.2) is 6.07 Å². The van der Waals surface area contributed by atoms with E-state index in [4.69, 9.17) is 10.4 Å². The van der Waals surface area contributed by atoms with Gasteiger partial charge in [-0.05, 0) is 0 Å². The highest BCUT2D eigenvalue weighted by molar-refractivity contribution is 5.93. The minimum absolute atomic E-state index is 0.508. The summed E-state index contributed by atoms with van der Waals surface area (Å²) in [7, 11) is 0. The molecule has 0 bridgehead atoms. The summed E-state index contributed by atoms with van der Waals surface area (Å²) in [4.78, 5) is 19.7. The van der Waals surface area contributed by atoms with E-state index in [1.54, 1.807) is 0 Å². The normalized spacial score (nSPS) is 7.44. The number of aliphatic carboxylic acids is 1. The highest BCUT2D eigenvalue weighted by Crippen LogP contribution is 1.60. The number of carbonyl (C=O) groups is 2. The zero-order valence-corrected chi connectivity index (χ0v) is 4.42. The summed E-state index contributed by atoms with van der Waals surface area (Å²) in [5, 5.41) is 17.6. The van der Waals surface area contributed by atoms with Crippen LogP contribution in [0.4, 0.5) is 0 Å². The van der Waals surface area contributed by atoms with E-state index >= 15 is 0 Å². The molecule has 0 spiro atoms. The second-order valence-electron chi connectivity index (χ2n) is 1.19. The average Bonchev–Trinajstić information content (AvgIpc) is 1.83. The van der Waals surface area contributed by atoms with Gasteiger partial charge in [-0.1, -0.05) is 0 Å². The third-order valence-electron chi connectivity index (χ3n) is 0.502. The topological polar surface area (TPSA) is 90.2 Å². The molecule has 0 saturated carbocycles. The lowest BCUT2D eigenvalue weighted by Crippen LogP contribution is -2.27. The maximum Gasteiger partial charge on any atom is 0.323 e. The van der Waals surface area contributed by atoms with E-state index in [1.807, 2.05) is 5.32 Å². The van der Waals surface area contributed by atoms with Gasteiger partial charge < -0.3 is 10.4 Å². The molecular weight excluding hydrogens is 124 g/mol. The van der Waals surface area contributed by atoms with Gasteiger partial charge in [0.1, 0.15) is 6.54 Å². The van der Waals surface area contributed by atoms with Gasteiger partial charge in [-0.15, -0.1) is 0 Å². The molecule has 0 aliphatic rings. The summed E-state index contributed by atoms with van der Waals surface area (Å²) in [6.07, 6.45) is 0. The molecule has 9 heavy (non-hydrogen) atoms. The van der Waals surface area contributed by atoms with Crippen LogP contribution in [0.1, 0.15) is 0 Å². The number of carboxylic acids is 1. The Morgan fingerprint density at radius 2 is 2.22 bits per heavy atom. The first kappa shape index (κ1) is 7.43. The molecule has 2 N–H and O–H groups in total. The maximum atomic E-state index is 9.98. The van der Waals surface area contributed by atoms with Crippen LogP contribution in [-0.2, 0) is 9.59 Å². The van der Waals surface area contributed by atoms with Crippen LogP contribution in [0.15, 0.2) is 0 Å². The molecule has 0 heterocycles. The smallest absolute Gasteiger partial charge is 0.323 e. The molecular formula is C4H4N2O3. The number of hydrogen-bond donors (Lipinski definition) is 2. The molecule has 0 unspecified atom stereocenters. The lowest BCUT2D eigenvalue weighted by molar-refractivity contribution is -0.137. The van der Waals surface area contributed by atoms with Crippen molar-refractivity contribution in [2.24, 2.45) is 0 Å². The van der Waals surface area contributed by atoms with Crippen molar-refractivity contribution >= 4 is 11.9 Å². The van der Waals surface area contributed by atoms with Gasteiger partial charge in [-0.25, -0.2) is 0 Å². The molecule has 0 aromatic heterocycles. The number of carbonyl (C=O) groups excluding carboxylic acids is 1. The Hall–Kier alpha value is -1.57. The number of nitrogens with one attached hydrogen (secondary N) is 1. The molecule has 0 aromatic carbocycles. The number of carboxylic acid groups (broad SMARTS) is 1. The van der Waals surface area contributed by atoms with Crippen molar-refractivity contribution in [1.29, 1.82) is 5.26 Å². The van der Waals surface area contributed by atoms with Crippen LogP contribution in [0.3, 0.4) is 0 Å². The standard InChI is InChI=1S/C4H4N2O3/c5-1-3(7)6-2-4(8)9/h2H2,(H,6,7)(H,8,9). The van der Waals surface area contributed by atoms with E-state index in [0.29, 0.717) is 0 Å². The minimum atomic E-state index is -1.17. The summed E-state index contributed by atoms with van der Waals surface area (Å²) in [6.45, 7) is -0.508. The summed E-state index contributed by atoms with van der Waals surface area (Å²) in [5.41, 5.74) is 0. The van der Waals surface area contributed by atoms with Gasteiger partial charge in [0, 0.05) is 0 Å². The van der Waals surface area contributed by atoms with Gasteiger partial charge in [-0.2, -0.15) is 5.26 Å². The molecule has 0 saturated heterocycles. The molecule has 0 aromatic rings. The second kappa shape index (κ2) is 3.43.